The largest absolute Gasteiger partial charge is 0.297 e. The van der Waals surface area contributed by atoms with Crippen molar-refractivity contribution in [3.63, 3.8) is 0 Å². The summed E-state index contributed by atoms with van der Waals surface area (Å²) in [6.45, 7) is 0. The lowest BCUT2D eigenvalue weighted by atomic mass is 10.1. The number of nitrogens with zero attached hydrogens (tertiary/aromatic N) is 3. The van der Waals surface area contributed by atoms with Gasteiger partial charge in [0.1, 0.15) is 5.69 Å². The average Bonchev–Trinajstić information content (AvgIpc) is 2.89. The number of hydrogen-bond acceptors (Lipinski definition) is 4. The van der Waals surface area contributed by atoms with Gasteiger partial charge in [0, 0.05) is 32.9 Å². The minimum absolute atomic E-state index is 0.0508. The van der Waals surface area contributed by atoms with Crippen LogP contribution in [0.5, 0.6) is 0 Å². The van der Waals surface area contributed by atoms with E-state index in [0.29, 0.717) is 10.2 Å². The van der Waals surface area contributed by atoms with Crippen molar-refractivity contribution in [1.82, 2.24) is 14.4 Å². The molecule has 3 aromatic rings. The van der Waals surface area contributed by atoms with Crippen molar-refractivity contribution < 1.29 is 4.79 Å². The van der Waals surface area contributed by atoms with E-state index in [2.05, 4.69) is 41.8 Å². The molecule has 0 aliphatic heterocycles. The minimum Gasteiger partial charge on any atom is -0.297 e. The number of thiazole rings is 1. The summed E-state index contributed by atoms with van der Waals surface area (Å²) in [5.74, 6) is -0.0508. The van der Waals surface area contributed by atoms with Crippen LogP contribution in [-0.4, -0.2) is 20.2 Å². The highest BCUT2D eigenvalue weighted by molar-refractivity contribution is 9.11. The Balaban J connectivity index is 1.86. The Morgan fingerprint density at radius 1 is 1.42 bits per heavy atom. The van der Waals surface area contributed by atoms with E-state index in [4.69, 9.17) is 0 Å². The molecule has 0 N–H and O–H groups in total. The van der Waals surface area contributed by atoms with Gasteiger partial charge in [-0.1, -0.05) is 0 Å². The Morgan fingerprint density at radius 3 is 3.00 bits per heavy atom. The summed E-state index contributed by atoms with van der Waals surface area (Å²) >= 11 is 8.21. The molecule has 0 unspecified atom stereocenters. The fourth-order valence-corrected chi connectivity index (χ4v) is 3.66. The molecule has 4 nitrogen and oxygen atoms in total. The number of Topliss-reactive ketones (excluding diaryl/α,β-unsaturated/α-hetero) is 1. The van der Waals surface area contributed by atoms with Crippen molar-refractivity contribution in [1.29, 1.82) is 0 Å². The lowest BCUT2D eigenvalue weighted by Gasteiger charge is -2.01. The molecule has 3 aromatic heterocycles. The predicted molar refractivity (Wildman–Crippen MR) is 80.7 cm³/mol. The standard InChI is InChI=1S/C12H7Br2N3OS/c13-7-3-9(14)11(15-5-7)10(18)4-8-6-17-1-2-19-12(17)16-8/h1-3,5-6H,4H2. The monoisotopic (exact) mass is 399 g/mol. The number of carbonyl (C=O) groups is 1. The number of halogens is 2. The number of rotatable bonds is 3. The molecule has 0 aliphatic rings. The summed E-state index contributed by atoms with van der Waals surface area (Å²) in [6.07, 6.45) is 5.66. The van der Waals surface area contributed by atoms with Crippen molar-refractivity contribution >= 4 is 53.9 Å². The summed E-state index contributed by atoms with van der Waals surface area (Å²) in [5.41, 5.74) is 1.19. The zero-order valence-corrected chi connectivity index (χ0v) is 13.5. The molecule has 0 spiro atoms. The highest BCUT2D eigenvalue weighted by Crippen LogP contribution is 2.21. The van der Waals surface area contributed by atoms with Crippen LogP contribution in [0.15, 0.2) is 39.0 Å². The van der Waals surface area contributed by atoms with Gasteiger partial charge in [0.25, 0.3) is 0 Å². The van der Waals surface area contributed by atoms with E-state index in [9.17, 15) is 4.79 Å². The third kappa shape index (κ3) is 2.63. The van der Waals surface area contributed by atoms with E-state index < -0.39 is 0 Å². The van der Waals surface area contributed by atoms with Crippen LogP contribution in [0.3, 0.4) is 0 Å². The maximum absolute atomic E-state index is 12.2. The van der Waals surface area contributed by atoms with Crippen molar-refractivity contribution in [2.75, 3.05) is 0 Å². The number of pyridine rings is 1. The Morgan fingerprint density at radius 2 is 2.26 bits per heavy atom. The van der Waals surface area contributed by atoms with Gasteiger partial charge >= 0.3 is 0 Å². The second-order valence-electron chi connectivity index (χ2n) is 3.91. The van der Waals surface area contributed by atoms with Crippen LogP contribution < -0.4 is 0 Å². The highest BCUT2D eigenvalue weighted by Gasteiger charge is 2.15. The molecular formula is C12H7Br2N3OS. The van der Waals surface area contributed by atoms with Crippen LogP contribution in [0, 0.1) is 0 Å². The first kappa shape index (κ1) is 13.0. The van der Waals surface area contributed by atoms with Crippen molar-refractivity contribution in [2.24, 2.45) is 0 Å². The molecule has 0 amide bonds. The van der Waals surface area contributed by atoms with Gasteiger partial charge in [-0.3, -0.25) is 14.2 Å². The Kier molecular flexibility index (Phi) is 3.51. The second kappa shape index (κ2) is 5.15. The lowest BCUT2D eigenvalue weighted by molar-refractivity contribution is 0.0986. The summed E-state index contributed by atoms with van der Waals surface area (Å²) in [4.78, 5) is 21.6. The van der Waals surface area contributed by atoms with Crippen LogP contribution in [0.2, 0.25) is 0 Å². The summed E-state index contributed by atoms with van der Waals surface area (Å²) < 4.78 is 3.43. The van der Waals surface area contributed by atoms with E-state index in [-0.39, 0.29) is 12.2 Å². The molecule has 3 heterocycles. The topological polar surface area (TPSA) is 47.3 Å². The molecular weight excluding hydrogens is 394 g/mol. The SMILES string of the molecule is O=C(Cc1cn2ccsc2n1)c1ncc(Br)cc1Br. The molecule has 0 aromatic carbocycles. The molecule has 3 rings (SSSR count). The van der Waals surface area contributed by atoms with Gasteiger partial charge in [-0.15, -0.1) is 11.3 Å². The van der Waals surface area contributed by atoms with Crippen LogP contribution >= 0.6 is 43.2 Å². The fraction of sp³-hybridized carbons (Fsp3) is 0.0833. The third-order valence-electron chi connectivity index (χ3n) is 2.56. The van der Waals surface area contributed by atoms with Gasteiger partial charge in [0.15, 0.2) is 10.7 Å². The molecule has 7 heteroatoms. The van der Waals surface area contributed by atoms with Crippen LogP contribution in [0.4, 0.5) is 0 Å². The van der Waals surface area contributed by atoms with Crippen LogP contribution in [-0.2, 0) is 6.42 Å². The Bertz CT molecular complexity index is 737. The predicted octanol–water partition coefficient (Wildman–Crippen LogP) is 3.74. The second-order valence-corrected chi connectivity index (χ2v) is 6.55. The molecule has 0 saturated carbocycles. The summed E-state index contributed by atoms with van der Waals surface area (Å²) in [5, 5.41) is 1.96. The van der Waals surface area contributed by atoms with Crippen molar-refractivity contribution in [2.45, 2.75) is 6.42 Å². The van der Waals surface area contributed by atoms with Gasteiger partial charge in [-0.2, -0.15) is 0 Å². The smallest absolute Gasteiger partial charge is 0.193 e. The Labute approximate surface area is 129 Å². The molecule has 0 radical (unpaired) electrons. The molecule has 0 aliphatic carbocycles. The van der Waals surface area contributed by atoms with Gasteiger partial charge in [0.2, 0.25) is 0 Å². The van der Waals surface area contributed by atoms with Gasteiger partial charge < -0.3 is 0 Å². The van der Waals surface area contributed by atoms with E-state index in [1.165, 1.54) is 0 Å². The maximum Gasteiger partial charge on any atom is 0.193 e. The number of carbonyl (C=O) groups excluding carboxylic acids is 1. The van der Waals surface area contributed by atoms with E-state index in [0.717, 1.165) is 15.1 Å². The molecule has 96 valence electrons. The van der Waals surface area contributed by atoms with Crippen LogP contribution in [0.25, 0.3) is 4.96 Å². The first-order valence-electron chi connectivity index (χ1n) is 5.39. The van der Waals surface area contributed by atoms with Gasteiger partial charge in [0.05, 0.1) is 12.1 Å². The summed E-state index contributed by atoms with van der Waals surface area (Å²) in [6, 6.07) is 1.81. The van der Waals surface area contributed by atoms with E-state index in [1.807, 2.05) is 28.2 Å². The normalized spacial score (nSPS) is 11.1. The Hall–Kier alpha value is -1.05. The highest BCUT2D eigenvalue weighted by atomic mass is 79.9. The maximum atomic E-state index is 12.2. The zero-order chi connectivity index (χ0) is 13.4. The van der Waals surface area contributed by atoms with E-state index >= 15 is 0 Å². The first-order valence-corrected chi connectivity index (χ1v) is 7.85. The van der Waals surface area contributed by atoms with Crippen molar-refractivity contribution in [3.05, 3.63) is 50.4 Å². The number of fused-ring (bicyclic) bond motifs is 1. The molecule has 19 heavy (non-hydrogen) atoms. The van der Waals surface area contributed by atoms with Gasteiger partial charge in [-0.05, 0) is 37.9 Å². The number of hydrogen-bond donors (Lipinski definition) is 0. The van der Waals surface area contributed by atoms with Gasteiger partial charge in [-0.25, -0.2) is 4.98 Å². The zero-order valence-electron chi connectivity index (χ0n) is 9.51. The number of ketones is 1. The molecule has 0 bridgehead atoms. The molecule has 0 fully saturated rings. The molecule has 0 atom stereocenters. The van der Waals surface area contributed by atoms with E-state index in [1.54, 1.807) is 17.5 Å². The van der Waals surface area contributed by atoms with Crippen molar-refractivity contribution in [3.8, 4) is 0 Å². The molecule has 0 saturated heterocycles. The number of aromatic nitrogens is 3. The summed E-state index contributed by atoms with van der Waals surface area (Å²) in [7, 11) is 0. The average molecular weight is 401 g/mol. The minimum atomic E-state index is -0.0508. The number of imidazole rings is 1. The lowest BCUT2D eigenvalue weighted by Crippen LogP contribution is -2.07. The first-order chi connectivity index (χ1) is 9.13. The van der Waals surface area contributed by atoms with Crippen LogP contribution in [0.1, 0.15) is 16.2 Å². The fourth-order valence-electron chi connectivity index (χ4n) is 1.73. The quantitative estimate of drug-likeness (QED) is 0.629. The third-order valence-corrected chi connectivity index (χ3v) is 4.37.